The number of carbonyl (C=O) groups is 2. The third kappa shape index (κ3) is 4.47. The molecule has 1 aliphatic carbocycles. The van der Waals surface area contributed by atoms with Crippen LogP contribution >= 0.6 is 22.9 Å². The lowest BCUT2D eigenvalue weighted by atomic mass is 9.84. The Bertz CT molecular complexity index is 1440. The molecule has 5 unspecified atom stereocenters. The number of halogens is 1. The third-order valence-corrected chi connectivity index (χ3v) is 9.72. The van der Waals surface area contributed by atoms with Gasteiger partial charge in [0.15, 0.2) is 6.29 Å². The molecule has 4 heterocycles. The second-order valence-electron chi connectivity index (χ2n) is 10.8. The average molecular weight is 571 g/mol. The molecule has 9 nitrogen and oxygen atoms in total. The van der Waals surface area contributed by atoms with Crippen LogP contribution in [0.4, 0.5) is 4.79 Å². The number of methoxy groups -OCH3 is 2. The minimum absolute atomic E-state index is 0.202. The van der Waals surface area contributed by atoms with Gasteiger partial charge in [-0.1, -0.05) is 17.7 Å². The van der Waals surface area contributed by atoms with Crippen LogP contribution in [0, 0.1) is 6.92 Å². The molecule has 206 valence electrons. The Morgan fingerprint density at radius 3 is 2.72 bits per heavy atom. The molecule has 0 spiro atoms. The number of ether oxygens (including phenoxy) is 2. The summed E-state index contributed by atoms with van der Waals surface area (Å²) in [7, 11) is 3.03. The number of hydrogen-bond acceptors (Lipinski definition) is 7. The number of fused-ring (bicyclic) bond motifs is 3. The number of rotatable bonds is 7. The standard InChI is InChI=1S/C28H31ClN4O5S/c1-14-30-23(19-7-9-39-25(19)31-14)21-12-20(21)18-5-4-15(10-22(18)29)24(34)32-16-11-17-6-8-28(13-16,26(37-2)38-3)33(17)27(35)36/h4-5,7,9-10,16-17,20-21,26H,6,8,11-13H2,1-3H3,(H,32,34)(H,35,36). The average Bonchev–Trinajstić information content (AvgIpc) is 3.46. The topological polar surface area (TPSA) is 114 Å². The van der Waals surface area contributed by atoms with E-state index in [0.29, 0.717) is 36.3 Å². The number of nitrogens with one attached hydrogen (secondary N) is 1. The molecule has 1 saturated carbocycles. The predicted molar refractivity (Wildman–Crippen MR) is 148 cm³/mol. The smallest absolute Gasteiger partial charge is 0.408 e. The summed E-state index contributed by atoms with van der Waals surface area (Å²) in [5.74, 6) is 1.08. The first kappa shape index (κ1) is 26.4. The van der Waals surface area contributed by atoms with Crippen LogP contribution in [0.15, 0.2) is 29.6 Å². The Hall–Kier alpha value is -2.79. The van der Waals surface area contributed by atoms with Gasteiger partial charge < -0.3 is 19.9 Å². The number of carboxylic acid groups (broad SMARTS) is 1. The fourth-order valence-corrected chi connectivity index (χ4v) is 8.10. The highest BCUT2D eigenvalue weighted by atomic mass is 35.5. The number of aryl methyl sites for hydroxylation is 1. The first-order valence-corrected chi connectivity index (χ1v) is 14.4. The van der Waals surface area contributed by atoms with Gasteiger partial charge in [0.05, 0.1) is 11.2 Å². The van der Waals surface area contributed by atoms with Crippen LogP contribution in [0.2, 0.25) is 5.02 Å². The molecule has 1 aromatic carbocycles. The molecule has 3 aliphatic rings. The van der Waals surface area contributed by atoms with E-state index in [9.17, 15) is 14.7 Å². The number of thiophene rings is 1. The molecule has 2 bridgehead atoms. The number of amides is 2. The highest BCUT2D eigenvalue weighted by Gasteiger charge is 2.59. The number of carbonyl (C=O) groups excluding carboxylic acids is 1. The Labute approximate surface area is 235 Å². The lowest BCUT2D eigenvalue weighted by Gasteiger charge is -2.48. The zero-order valence-corrected chi connectivity index (χ0v) is 23.6. The maximum atomic E-state index is 13.3. The summed E-state index contributed by atoms with van der Waals surface area (Å²) in [6.45, 7) is 1.92. The van der Waals surface area contributed by atoms with Crippen molar-refractivity contribution in [2.45, 2.75) is 74.8 Å². The fourth-order valence-electron chi connectivity index (χ4n) is 6.96. The Balaban J connectivity index is 1.17. The van der Waals surface area contributed by atoms with Crippen molar-refractivity contribution < 1.29 is 24.2 Å². The number of benzene rings is 1. The second kappa shape index (κ2) is 9.99. The van der Waals surface area contributed by atoms with Gasteiger partial charge >= 0.3 is 6.09 Å². The van der Waals surface area contributed by atoms with E-state index in [1.54, 1.807) is 17.4 Å². The van der Waals surface area contributed by atoms with Crippen molar-refractivity contribution in [1.82, 2.24) is 20.2 Å². The van der Waals surface area contributed by atoms with Crippen molar-refractivity contribution in [2.24, 2.45) is 0 Å². The van der Waals surface area contributed by atoms with Crippen LogP contribution in [0.3, 0.4) is 0 Å². The lowest BCUT2D eigenvalue weighted by molar-refractivity contribution is -0.188. The molecule has 2 amide bonds. The highest BCUT2D eigenvalue weighted by molar-refractivity contribution is 7.16. The summed E-state index contributed by atoms with van der Waals surface area (Å²) in [5.41, 5.74) is 1.73. The number of nitrogens with zero attached hydrogens (tertiary/aromatic N) is 3. The third-order valence-electron chi connectivity index (χ3n) is 8.59. The number of piperidine rings is 1. The largest absolute Gasteiger partial charge is 0.465 e. The SMILES string of the molecule is COC(OC)C12CCC(CC(NC(=O)c3ccc(C4CC4c4nc(C)nc5sccc45)c(Cl)c3)C1)N2C(=O)O. The molecule has 2 N–H and O–H groups in total. The van der Waals surface area contributed by atoms with E-state index in [2.05, 4.69) is 16.4 Å². The highest BCUT2D eigenvalue weighted by Crippen LogP contribution is 2.57. The minimum Gasteiger partial charge on any atom is -0.465 e. The quantitative estimate of drug-likeness (QED) is 0.370. The molecule has 5 atom stereocenters. The predicted octanol–water partition coefficient (Wildman–Crippen LogP) is 5.32. The molecule has 3 aromatic rings. The molecule has 2 saturated heterocycles. The van der Waals surface area contributed by atoms with Gasteiger partial charge in [0, 0.05) is 48.2 Å². The van der Waals surface area contributed by atoms with E-state index in [4.69, 9.17) is 26.1 Å². The van der Waals surface area contributed by atoms with Crippen LogP contribution in [-0.4, -0.2) is 70.1 Å². The summed E-state index contributed by atoms with van der Waals surface area (Å²) in [4.78, 5) is 37.2. The first-order valence-electron chi connectivity index (χ1n) is 13.2. The zero-order chi connectivity index (χ0) is 27.5. The van der Waals surface area contributed by atoms with Crippen molar-refractivity contribution in [3.05, 3.63) is 57.3 Å². The van der Waals surface area contributed by atoms with Crippen molar-refractivity contribution in [3.8, 4) is 0 Å². The maximum Gasteiger partial charge on any atom is 0.408 e. The zero-order valence-electron chi connectivity index (χ0n) is 22.0. The summed E-state index contributed by atoms with van der Waals surface area (Å²) in [6, 6.07) is 7.17. The van der Waals surface area contributed by atoms with Crippen LogP contribution in [-0.2, 0) is 9.47 Å². The summed E-state index contributed by atoms with van der Waals surface area (Å²) < 4.78 is 11.1. The number of aromatic nitrogens is 2. The van der Waals surface area contributed by atoms with Gasteiger partial charge in [0.2, 0.25) is 0 Å². The summed E-state index contributed by atoms with van der Waals surface area (Å²) in [6.07, 6.45) is 1.54. The molecule has 0 radical (unpaired) electrons. The number of hydrogen-bond donors (Lipinski definition) is 2. The van der Waals surface area contributed by atoms with E-state index in [1.165, 1.54) is 19.1 Å². The van der Waals surface area contributed by atoms with Crippen LogP contribution < -0.4 is 5.32 Å². The molecule has 2 aromatic heterocycles. The van der Waals surface area contributed by atoms with E-state index in [0.717, 1.165) is 33.7 Å². The van der Waals surface area contributed by atoms with Gasteiger partial charge in [-0.15, -0.1) is 11.3 Å². The van der Waals surface area contributed by atoms with E-state index in [1.807, 2.05) is 24.4 Å². The van der Waals surface area contributed by atoms with Crippen LogP contribution in [0.1, 0.15) is 71.4 Å². The summed E-state index contributed by atoms with van der Waals surface area (Å²) in [5, 5.41) is 16.8. The van der Waals surface area contributed by atoms with Crippen molar-refractivity contribution in [2.75, 3.05) is 14.2 Å². The van der Waals surface area contributed by atoms with Crippen molar-refractivity contribution in [3.63, 3.8) is 0 Å². The first-order chi connectivity index (χ1) is 18.8. The lowest BCUT2D eigenvalue weighted by Crippen LogP contribution is -2.64. The molecule has 39 heavy (non-hydrogen) atoms. The Kier molecular flexibility index (Phi) is 6.77. The van der Waals surface area contributed by atoms with Crippen molar-refractivity contribution >= 4 is 45.2 Å². The van der Waals surface area contributed by atoms with Crippen molar-refractivity contribution in [1.29, 1.82) is 0 Å². The van der Waals surface area contributed by atoms with Gasteiger partial charge in [-0.2, -0.15) is 0 Å². The fraction of sp³-hybridized carbons (Fsp3) is 0.500. The second-order valence-corrected chi connectivity index (χ2v) is 12.1. The van der Waals surface area contributed by atoms with Gasteiger partial charge in [-0.25, -0.2) is 14.8 Å². The molecular weight excluding hydrogens is 540 g/mol. The van der Waals surface area contributed by atoms with Gasteiger partial charge in [-0.3, -0.25) is 9.69 Å². The van der Waals surface area contributed by atoms with Gasteiger partial charge in [0.1, 0.15) is 10.7 Å². The summed E-state index contributed by atoms with van der Waals surface area (Å²) >= 11 is 8.35. The molecule has 2 aliphatic heterocycles. The monoisotopic (exact) mass is 570 g/mol. The Morgan fingerprint density at radius 2 is 2.00 bits per heavy atom. The Morgan fingerprint density at radius 1 is 1.21 bits per heavy atom. The molecule has 6 rings (SSSR count). The minimum atomic E-state index is -0.987. The molecule has 11 heteroatoms. The van der Waals surface area contributed by atoms with E-state index in [-0.39, 0.29) is 29.8 Å². The van der Waals surface area contributed by atoms with Gasteiger partial charge in [0.25, 0.3) is 5.91 Å². The normalized spacial score (nSPS) is 27.8. The molecule has 3 fully saturated rings. The van der Waals surface area contributed by atoms with Gasteiger partial charge in [-0.05, 0) is 74.1 Å². The van der Waals surface area contributed by atoms with Crippen LogP contribution in [0.5, 0.6) is 0 Å². The van der Waals surface area contributed by atoms with E-state index < -0.39 is 17.9 Å². The maximum absolute atomic E-state index is 13.3. The van der Waals surface area contributed by atoms with Crippen LogP contribution in [0.25, 0.3) is 10.2 Å². The molecular formula is C28H31ClN4O5S. The van der Waals surface area contributed by atoms with E-state index >= 15 is 0 Å².